The highest BCUT2D eigenvalue weighted by atomic mass is 32.2. The van der Waals surface area contributed by atoms with Crippen molar-refractivity contribution in [3.8, 4) is 6.07 Å². The van der Waals surface area contributed by atoms with Crippen LogP contribution >= 0.6 is 0 Å². The minimum absolute atomic E-state index is 0.0538. The van der Waals surface area contributed by atoms with Gasteiger partial charge in [0, 0.05) is 0 Å². The predicted octanol–water partition coefficient (Wildman–Crippen LogP) is 4.08. The van der Waals surface area contributed by atoms with Crippen LogP contribution in [0.25, 0.3) is 0 Å². The number of carbonyl (C=O) groups excluding carboxylic acids is 1. The molecule has 0 radical (unpaired) electrons. The molecule has 1 amide bonds. The number of hydrogen-bond donors (Lipinski definition) is 2. The predicted molar refractivity (Wildman–Crippen MR) is 120 cm³/mol. The zero-order chi connectivity index (χ0) is 23.6. The summed E-state index contributed by atoms with van der Waals surface area (Å²) >= 11 is 0. The van der Waals surface area contributed by atoms with Gasteiger partial charge in [-0.3, -0.25) is 4.79 Å². The highest BCUT2D eigenvalue weighted by molar-refractivity contribution is 7.90. The zero-order valence-corrected chi connectivity index (χ0v) is 19.7. The van der Waals surface area contributed by atoms with Gasteiger partial charge in [-0.25, -0.2) is 13.1 Å². The van der Waals surface area contributed by atoms with Gasteiger partial charge in [-0.05, 0) is 72.2 Å². The van der Waals surface area contributed by atoms with Crippen molar-refractivity contribution in [2.75, 3.05) is 0 Å². The maximum Gasteiger partial charge on any atom is 0.264 e. The van der Waals surface area contributed by atoms with Gasteiger partial charge in [0.25, 0.3) is 10.0 Å². The standard InChI is InChI=1S/C24H30N2O4S/c1-15(2)20-11-17(14-25)12-21(16(3)4)22(20)13-23(27)26-31(29,30)19-9-7-18(8-10-19)24(5,6)28/h7-12,15-16,28H,13H2,1-6H3,(H,26,27). The smallest absolute Gasteiger partial charge is 0.264 e. The number of carbonyl (C=O) groups is 1. The molecule has 0 aliphatic rings. The summed E-state index contributed by atoms with van der Waals surface area (Å²) < 4.78 is 27.5. The first-order chi connectivity index (χ1) is 14.3. The maximum atomic E-state index is 12.7. The Morgan fingerprint density at radius 1 is 1.06 bits per heavy atom. The van der Waals surface area contributed by atoms with Gasteiger partial charge < -0.3 is 5.11 Å². The average Bonchev–Trinajstić information content (AvgIpc) is 2.66. The second kappa shape index (κ2) is 9.21. The van der Waals surface area contributed by atoms with Gasteiger partial charge in [0.1, 0.15) is 0 Å². The molecule has 0 aliphatic heterocycles. The van der Waals surface area contributed by atoms with E-state index in [0.29, 0.717) is 11.1 Å². The molecule has 0 fully saturated rings. The van der Waals surface area contributed by atoms with Gasteiger partial charge in [-0.15, -0.1) is 0 Å². The fourth-order valence-electron chi connectivity index (χ4n) is 3.46. The lowest BCUT2D eigenvalue weighted by molar-refractivity contribution is -0.118. The van der Waals surface area contributed by atoms with E-state index in [4.69, 9.17) is 0 Å². The van der Waals surface area contributed by atoms with E-state index < -0.39 is 21.5 Å². The van der Waals surface area contributed by atoms with Gasteiger partial charge in [0.2, 0.25) is 5.91 Å². The number of amides is 1. The van der Waals surface area contributed by atoms with Crippen molar-refractivity contribution < 1.29 is 18.3 Å². The van der Waals surface area contributed by atoms with Gasteiger partial charge in [0.15, 0.2) is 0 Å². The fourth-order valence-corrected chi connectivity index (χ4v) is 4.45. The first kappa shape index (κ1) is 24.6. The topological polar surface area (TPSA) is 107 Å². The second-order valence-corrected chi connectivity index (χ2v) is 10.5. The van der Waals surface area contributed by atoms with E-state index in [2.05, 4.69) is 10.8 Å². The van der Waals surface area contributed by atoms with Crippen molar-refractivity contribution in [2.45, 2.75) is 70.3 Å². The van der Waals surface area contributed by atoms with Crippen molar-refractivity contribution in [1.29, 1.82) is 5.26 Å². The molecule has 31 heavy (non-hydrogen) atoms. The van der Waals surface area contributed by atoms with Crippen LogP contribution in [-0.2, 0) is 26.8 Å². The van der Waals surface area contributed by atoms with Gasteiger partial charge in [-0.2, -0.15) is 5.26 Å². The number of benzene rings is 2. The van der Waals surface area contributed by atoms with E-state index in [1.54, 1.807) is 26.0 Å². The Kier molecular flexibility index (Phi) is 7.30. The third-order valence-electron chi connectivity index (χ3n) is 5.15. The summed E-state index contributed by atoms with van der Waals surface area (Å²) in [5.41, 5.74) is 2.49. The number of sulfonamides is 1. The number of nitriles is 1. The average molecular weight is 443 g/mol. The van der Waals surface area contributed by atoms with Crippen molar-refractivity contribution in [3.63, 3.8) is 0 Å². The lowest BCUT2D eigenvalue weighted by Crippen LogP contribution is -2.32. The van der Waals surface area contributed by atoms with E-state index in [0.717, 1.165) is 16.7 Å². The molecule has 6 nitrogen and oxygen atoms in total. The Bertz CT molecular complexity index is 1070. The van der Waals surface area contributed by atoms with E-state index >= 15 is 0 Å². The molecule has 0 spiro atoms. The summed E-state index contributed by atoms with van der Waals surface area (Å²) in [6.45, 7) is 11.1. The molecule has 0 bridgehead atoms. The van der Waals surface area contributed by atoms with E-state index in [1.807, 2.05) is 27.7 Å². The van der Waals surface area contributed by atoms with Gasteiger partial charge >= 0.3 is 0 Å². The summed E-state index contributed by atoms with van der Waals surface area (Å²) in [6, 6.07) is 11.5. The number of nitrogens with one attached hydrogen (secondary N) is 1. The SMILES string of the molecule is CC(C)c1cc(C#N)cc(C(C)C)c1CC(=O)NS(=O)(=O)c1ccc(C(C)(C)O)cc1. The molecule has 0 heterocycles. The van der Waals surface area contributed by atoms with Gasteiger partial charge in [0.05, 0.1) is 28.6 Å². The number of hydrogen-bond acceptors (Lipinski definition) is 5. The van der Waals surface area contributed by atoms with Crippen LogP contribution in [0.4, 0.5) is 0 Å². The maximum absolute atomic E-state index is 12.7. The fraction of sp³-hybridized carbons (Fsp3) is 0.417. The summed E-state index contributed by atoms with van der Waals surface area (Å²) in [6.07, 6.45) is -0.103. The number of nitrogens with zero attached hydrogens (tertiary/aromatic N) is 1. The first-order valence-electron chi connectivity index (χ1n) is 10.2. The molecule has 2 rings (SSSR count). The molecule has 7 heteroatoms. The third-order valence-corrected chi connectivity index (χ3v) is 6.54. The summed E-state index contributed by atoms with van der Waals surface area (Å²) in [7, 11) is -4.05. The Balaban J connectivity index is 2.34. The molecule has 2 aromatic rings. The normalized spacial score (nSPS) is 12.1. The van der Waals surface area contributed by atoms with E-state index in [9.17, 15) is 23.6 Å². The van der Waals surface area contributed by atoms with Crippen LogP contribution in [0.2, 0.25) is 0 Å². The number of aliphatic hydroxyl groups is 1. The first-order valence-corrected chi connectivity index (χ1v) is 11.7. The molecule has 2 N–H and O–H groups in total. The monoisotopic (exact) mass is 442 g/mol. The molecule has 0 atom stereocenters. The number of rotatable bonds is 7. The molecular weight excluding hydrogens is 412 g/mol. The summed E-state index contributed by atoms with van der Waals surface area (Å²) in [4.78, 5) is 12.7. The van der Waals surface area contributed by atoms with Crippen LogP contribution in [0.1, 0.15) is 81.2 Å². The molecule has 0 saturated carbocycles. The van der Waals surface area contributed by atoms with Crippen LogP contribution in [0, 0.1) is 11.3 Å². The Morgan fingerprint density at radius 2 is 1.55 bits per heavy atom. The van der Waals surface area contributed by atoms with Crippen LogP contribution in [-0.4, -0.2) is 19.4 Å². The summed E-state index contributed by atoms with van der Waals surface area (Å²) in [5, 5.41) is 19.4. The highest BCUT2D eigenvalue weighted by Gasteiger charge is 2.23. The van der Waals surface area contributed by atoms with Crippen LogP contribution in [0.15, 0.2) is 41.3 Å². The van der Waals surface area contributed by atoms with Crippen molar-refractivity contribution in [3.05, 3.63) is 64.2 Å². The summed E-state index contributed by atoms with van der Waals surface area (Å²) in [5.74, 6) is -0.501. The van der Waals surface area contributed by atoms with E-state index in [1.165, 1.54) is 24.3 Å². The van der Waals surface area contributed by atoms with Crippen molar-refractivity contribution in [2.24, 2.45) is 0 Å². The highest BCUT2D eigenvalue weighted by Crippen LogP contribution is 2.30. The Labute approximate surface area is 185 Å². The lowest BCUT2D eigenvalue weighted by atomic mass is 9.85. The van der Waals surface area contributed by atoms with Crippen molar-refractivity contribution in [1.82, 2.24) is 4.72 Å². The molecule has 0 saturated heterocycles. The molecule has 166 valence electrons. The molecule has 0 aromatic heterocycles. The molecular formula is C24H30N2O4S. The van der Waals surface area contributed by atoms with Crippen molar-refractivity contribution >= 4 is 15.9 Å². The minimum Gasteiger partial charge on any atom is -0.386 e. The minimum atomic E-state index is -4.05. The van der Waals surface area contributed by atoms with Gasteiger partial charge in [-0.1, -0.05) is 39.8 Å². The van der Waals surface area contributed by atoms with Crippen LogP contribution < -0.4 is 4.72 Å². The quantitative estimate of drug-likeness (QED) is 0.672. The molecule has 0 aliphatic carbocycles. The zero-order valence-electron chi connectivity index (χ0n) is 18.9. The Hall–Kier alpha value is -2.69. The second-order valence-electron chi connectivity index (χ2n) is 8.84. The van der Waals surface area contributed by atoms with E-state index in [-0.39, 0.29) is 23.2 Å². The Morgan fingerprint density at radius 3 is 1.94 bits per heavy atom. The molecule has 2 aromatic carbocycles. The largest absolute Gasteiger partial charge is 0.386 e. The molecule has 0 unspecified atom stereocenters. The van der Waals surface area contributed by atoms with Crippen LogP contribution in [0.5, 0.6) is 0 Å². The lowest BCUT2D eigenvalue weighted by Gasteiger charge is -2.20. The van der Waals surface area contributed by atoms with Crippen LogP contribution in [0.3, 0.4) is 0 Å². The third kappa shape index (κ3) is 5.93.